The maximum absolute atomic E-state index is 13.0. The molecule has 8 heteroatoms. The quantitative estimate of drug-likeness (QED) is 0.805. The third kappa shape index (κ3) is 3.43. The SMILES string of the molecule is Cc1ccccc1C1CN(c2ccccc2S(=O)(=O)C(F)(F)F)CCO1. The molecule has 1 fully saturated rings. The highest BCUT2D eigenvalue weighted by atomic mass is 32.2. The lowest BCUT2D eigenvalue weighted by atomic mass is 10.0. The Morgan fingerprint density at radius 3 is 2.42 bits per heavy atom. The van der Waals surface area contributed by atoms with Gasteiger partial charge in [0.1, 0.15) is 6.10 Å². The number of aryl methyl sites for hydroxylation is 1. The number of halogens is 3. The second kappa shape index (κ2) is 6.92. The molecule has 0 spiro atoms. The van der Waals surface area contributed by atoms with Crippen LogP contribution in [0.3, 0.4) is 0 Å². The summed E-state index contributed by atoms with van der Waals surface area (Å²) in [7, 11) is -5.43. The van der Waals surface area contributed by atoms with Crippen molar-refractivity contribution in [3.05, 3.63) is 59.7 Å². The van der Waals surface area contributed by atoms with Crippen LogP contribution in [0.1, 0.15) is 17.2 Å². The zero-order chi connectivity index (χ0) is 18.9. The molecule has 1 unspecified atom stereocenters. The van der Waals surface area contributed by atoms with Crippen molar-refractivity contribution in [1.82, 2.24) is 0 Å². The van der Waals surface area contributed by atoms with Crippen LogP contribution < -0.4 is 4.90 Å². The molecule has 0 aromatic heterocycles. The average Bonchev–Trinajstić information content (AvgIpc) is 2.61. The molecule has 0 saturated carbocycles. The van der Waals surface area contributed by atoms with Crippen molar-refractivity contribution in [1.29, 1.82) is 0 Å². The van der Waals surface area contributed by atoms with Gasteiger partial charge in [0, 0.05) is 13.1 Å². The van der Waals surface area contributed by atoms with Crippen molar-refractivity contribution in [2.24, 2.45) is 0 Å². The zero-order valence-corrected chi connectivity index (χ0v) is 14.8. The van der Waals surface area contributed by atoms with Gasteiger partial charge in [0.25, 0.3) is 9.84 Å². The predicted octanol–water partition coefficient (Wildman–Crippen LogP) is 3.87. The first-order valence-electron chi connectivity index (χ1n) is 8.04. The monoisotopic (exact) mass is 385 g/mol. The van der Waals surface area contributed by atoms with Crippen LogP contribution in [0.2, 0.25) is 0 Å². The van der Waals surface area contributed by atoms with E-state index in [0.29, 0.717) is 13.2 Å². The molecule has 2 aromatic rings. The lowest BCUT2D eigenvalue weighted by Gasteiger charge is -2.36. The van der Waals surface area contributed by atoms with Crippen LogP contribution in [-0.4, -0.2) is 33.6 Å². The summed E-state index contributed by atoms with van der Waals surface area (Å²) in [5.74, 6) is 0. The molecule has 2 aromatic carbocycles. The van der Waals surface area contributed by atoms with Gasteiger partial charge in [-0.25, -0.2) is 8.42 Å². The second-order valence-electron chi connectivity index (χ2n) is 6.08. The Bertz CT molecular complexity index is 897. The Labute approximate surface area is 150 Å². The number of para-hydroxylation sites is 1. The van der Waals surface area contributed by atoms with E-state index in [1.54, 1.807) is 4.90 Å². The van der Waals surface area contributed by atoms with E-state index < -0.39 is 20.2 Å². The molecule has 0 N–H and O–H groups in total. The third-order valence-corrected chi connectivity index (χ3v) is 5.94. The number of ether oxygens (including phenoxy) is 1. The van der Waals surface area contributed by atoms with Crippen LogP contribution in [0.4, 0.5) is 18.9 Å². The van der Waals surface area contributed by atoms with Gasteiger partial charge in [0.15, 0.2) is 0 Å². The number of hydrogen-bond donors (Lipinski definition) is 0. The van der Waals surface area contributed by atoms with Gasteiger partial charge in [0.05, 0.1) is 17.2 Å². The van der Waals surface area contributed by atoms with E-state index in [4.69, 9.17) is 4.74 Å². The molecule has 1 aliphatic heterocycles. The molecule has 1 atom stereocenters. The lowest BCUT2D eigenvalue weighted by Crippen LogP contribution is -2.39. The molecular formula is C18H18F3NO3S. The Morgan fingerprint density at radius 1 is 1.08 bits per heavy atom. The van der Waals surface area contributed by atoms with Gasteiger partial charge < -0.3 is 9.64 Å². The van der Waals surface area contributed by atoms with E-state index in [1.165, 1.54) is 18.2 Å². The van der Waals surface area contributed by atoms with Crippen molar-refractivity contribution in [2.45, 2.75) is 23.4 Å². The molecule has 0 bridgehead atoms. The number of morpholine rings is 1. The molecule has 3 rings (SSSR count). The van der Waals surface area contributed by atoms with Crippen molar-refractivity contribution >= 4 is 15.5 Å². The van der Waals surface area contributed by atoms with E-state index in [0.717, 1.165) is 17.2 Å². The van der Waals surface area contributed by atoms with Crippen LogP contribution in [0.15, 0.2) is 53.4 Å². The van der Waals surface area contributed by atoms with E-state index in [9.17, 15) is 21.6 Å². The predicted molar refractivity (Wildman–Crippen MR) is 91.8 cm³/mol. The molecule has 1 aliphatic rings. The van der Waals surface area contributed by atoms with Crippen molar-refractivity contribution in [3.8, 4) is 0 Å². The van der Waals surface area contributed by atoms with Gasteiger partial charge in [-0.2, -0.15) is 13.2 Å². The van der Waals surface area contributed by atoms with Gasteiger partial charge in [-0.1, -0.05) is 36.4 Å². The van der Waals surface area contributed by atoms with Crippen molar-refractivity contribution < 1.29 is 26.3 Å². The zero-order valence-electron chi connectivity index (χ0n) is 14.0. The van der Waals surface area contributed by atoms with Crippen molar-refractivity contribution in [3.63, 3.8) is 0 Å². The first kappa shape index (κ1) is 18.7. The number of rotatable bonds is 3. The fraction of sp³-hybridized carbons (Fsp3) is 0.333. The maximum Gasteiger partial charge on any atom is 0.501 e. The van der Waals surface area contributed by atoms with Gasteiger partial charge in [-0.3, -0.25) is 0 Å². The standard InChI is InChI=1S/C18H18F3NO3S/c1-13-6-2-3-7-14(13)16-12-22(10-11-25-16)15-8-4-5-9-17(15)26(23,24)18(19,20)21/h2-9,16H,10-12H2,1H3. The lowest BCUT2D eigenvalue weighted by molar-refractivity contribution is -0.0435. The van der Waals surface area contributed by atoms with Gasteiger partial charge >= 0.3 is 5.51 Å². The summed E-state index contributed by atoms with van der Waals surface area (Å²) in [4.78, 5) is 0.914. The minimum Gasteiger partial charge on any atom is -0.370 e. The molecular weight excluding hydrogens is 367 g/mol. The Kier molecular flexibility index (Phi) is 4.98. The maximum atomic E-state index is 13.0. The smallest absolute Gasteiger partial charge is 0.370 e. The normalized spacial score (nSPS) is 18.8. The highest BCUT2D eigenvalue weighted by Gasteiger charge is 2.48. The fourth-order valence-electron chi connectivity index (χ4n) is 3.07. The van der Waals surface area contributed by atoms with Crippen molar-refractivity contribution in [2.75, 3.05) is 24.6 Å². The summed E-state index contributed by atoms with van der Waals surface area (Å²) in [6.07, 6.45) is -0.341. The summed E-state index contributed by atoms with van der Waals surface area (Å²) >= 11 is 0. The van der Waals surface area contributed by atoms with Crippen LogP contribution in [-0.2, 0) is 14.6 Å². The molecule has 0 aliphatic carbocycles. The number of anilines is 1. The Balaban J connectivity index is 1.97. The average molecular weight is 385 g/mol. The largest absolute Gasteiger partial charge is 0.501 e. The molecule has 1 saturated heterocycles. The summed E-state index contributed by atoms with van der Waals surface area (Å²) < 4.78 is 68.7. The molecule has 1 heterocycles. The summed E-state index contributed by atoms with van der Waals surface area (Å²) in [5, 5.41) is 0. The minimum atomic E-state index is -5.43. The number of hydrogen-bond acceptors (Lipinski definition) is 4. The van der Waals surface area contributed by atoms with Gasteiger partial charge in [-0.15, -0.1) is 0 Å². The van der Waals surface area contributed by atoms with E-state index in [2.05, 4.69) is 0 Å². The van der Waals surface area contributed by atoms with Crippen LogP contribution >= 0.6 is 0 Å². The number of sulfone groups is 1. The molecule has 0 radical (unpaired) electrons. The third-order valence-electron chi connectivity index (χ3n) is 4.40. The highest BCUT2D eigenvalue weighted by molar-refractivity contribution is 7.92. The molecule has 4 nitrogen and oxygen atoms in total. The first-order valence-corrected chi connectivity index (χ1v) is 9.52. The van der Waals surface area contributed by atoms with Gasteiger partial charge in [0.2, 0.25) is 0 Å². The topological polar surface area (TPSA) is 46.6 Å². The Morgan fingerprint density at radius 2 is 1.73 bits per heavy atom. The van der Waals surface area contributed by atoms with Gasteiger partial charge in [-0.05, 0) is 30.2 Å². The summed E-state index contributed by atoms with van der Waals surface area (Å²) in [6.45, 7) is 2.81. The number of benzene rings is 2. The van der Waals surface area contributed by atoms with E-state index in [1.807, 2.05) is 31.2 Å². The molecule has 0 amide bonds. The minimum absolute atomic E-state index is 0.0479. The van der Waals surface area contributed by atoms with Crippen LogP contribution in [0, 0.1) is 6.92 Å². The molecule has 26 heavy (non-hydrogen) atoms. The first-order chi connectivity index (χ1) is 12.2. The number of nitrogens with zero attached hydrogens (tertiary/aromatic N) is 1. The summed E-state index contributed by atoms with van der Waals surface area (Å²) in [6, 6.07) is 12.8. The second-order valence-corrected chi connectivity index (χ2v) is 7.99. The van der Waals surface area contributed by atoms with E-state index in [-0.39, 0.29) is 18.3 Å². The van der Waals surface area contributed by atoms with E-state index >= 15 is 0 Å². The van der Waals surface area contributed by atoms with Crippen LogP contribution in [0.5, 0.6) is 0 Å². The molecule has 140 valence electrons. The highest BCUT2D eigenvalue weighted by Crippen LogP contribution is 2.37. The Hall–Kier alpha value is -2.06. The van der Waals surface area contributed by atoms with Crippen LogP contribution in [0.25, 0.3) is 0 Å². The fourth-order valence-corrected chi connectivity index (χ4v) is 4.05. The summed E-state index contributed by atoms with van der Waals surface area (Å²) in [5.41, 5.74) is -3.35. The number of alkyl halides is 3.